The first-order valence-corrected chi connectivity index (χ1v) is 7.36. The molecule has 0 saturated carbocycles. The summed E-state index contributed by atoms with van der Waals surface area (Å²) >= 11 is 0. The van der Waals surface area contributed by atoms with Crippen LogP contribution in [0.15, 0.2) is 30.7 Å². The van der Waals surface area contributed by atoms with E-state index in [-0.39, 0.29) is 0 Å². The maximum Gasteiger partial charge on any atom is 0.131 e. The van der Waals surface area contributed by atoms with E-state index in [0.29, 0.717) is 6.54 Å². The monoisotopic (exact) mass is 300 g/mol. The predicted octanol–water partition coefficient (Wildman–Crippen LogP) is 1.36. The van der Waals surface area contributed by atoms with Gasteiger partial charge in [0.2, 0.25) is 0 Å². The van der Waals surface area contributed by atoms with Gasteiger partial charge in [0.25, 0.3) is 0 Å². The number of aromatic nitrogens is 3. The standard InChI is InChI=1S/C15H20N6O/c1-16-13-9-14(20-11-19-13)18-10-12-2-3-17-15(8-12)21-4-6-22-7-5-21/h2-3,8-9,11H,4-7,10H2,1H3,(H2,16,18,19,20). The third kappa shape index (κ3) is 3.62. The van der Waals surface area contributed by atoms with Gasteiger partial charge >= 0.3 is 0 Å². The maximum absolute atomic E-state index is 5.38. The molecule has 0 aliphatic carbocycles. The molecule has 1 saturated heterocycles. The Kier molecular flexibility index (Phi) is 4.65. The minimum atomic E-state index is 0.694. The van der Waals surface area contributed by atoms with Crippen molar-refractivity contribution in [2.75, 3.05) is 48.9 Å². The predicted molar refractivity (Wildman–Crippen MR) is 86.2 cm³/mol. The summed E-state index contributed by atoms with van der Waals surface area (Å²) in [6.07, 6.45) is 3.39. The molecule has 116 valence electrons. The van der Waals surface area contributed by atoms with Crippen molar-refractivity contribution in [3.63, 3.8) is 0 Å². The second kappa shape index (κ2) is 7.04. The molecule has 2 N–H and O–H groups in total. The molecule has 22 heavy (non-hydrogen) atoms. The summed E-state index contributed by atoms with van der Waals surface area (Å²) < 4.78 is 5.38. The minimum absolute atomic E-state index is 0.694. The van der Waals surface area contributed by atoms with Gasteiger partial charge in [-0.25, -0.2) is 15.0 Å². The number of morpholine rings is 1. The summed E-state index contributed by atoms with van der Waals surface area (Å²) in [4.78, 5) is 15.0. The second-order valence-electron chi connectivity index (χ2n) is 5.01. The summed E-state index contributed by atoms with van der Waals surface area (Å²) in [5.41, 5.74) is 1.17. The van der Waals surface area contributed by atoms with E-state index in [0.717, 1.165) is 43.8 Å². The van der Waals surface area contributed by atoms with Crippen molar-refractivity contribution in [3.05, 3.63) is 36.3 Å². The van der Waals surface area contributed by atoms with E-state index in [2.05, 4.69) is 36.6 Å². The molecular formula is C15H20N6O. The highest BCUT2D eigenvalue weighted by Crippen LogP contribution is 2.15. The van der Waals surface area contributed by atoms with E-state index in [9.17, 15) is 0 Å². The molecule has 0 bridgehead atoms. The third-order valence-corrected chi connectivity index (χ3v) is 3.54. The highest BCUT2D eigenvalue weighted by molar-refractivity contribution is 5.47. The van der Waals surface area contributed by atoms with Gasteiger partial charge in [-0.3, -0.25) is 0 Å². The van der Waals surface area contributed by atoms with Crippen molar-refractivity contribution >= 4 is 17.5 Å². The molecule has 1 fully saturated rings. The Morgan fingerprint density at radius 1 is 1.14 bits per heavy atom. The number of rotatable bonds is 5. The lowest BCUT2D eigenvalue weighted by Gasteiger charge is -2.28. The zero-order chi connectivity index (χ0) is 15.2. The number of hydrogen-bond acceptors (Lipinski definition) is 7. The summed E-state index contributed by atoms with van der Waals surface area (Å²) in [6.45, 7) is 4.00. The van der Waals surface area contributed by atoms with Crippen LogP contribution in [0.5, 0.6) is 0 Å². The average molecular weight is 300 g/mol. The fourth-order valence-electron chi connectivity index (χ4n) is 2.32. The van der Waals surface area contributed by atoms with Crippen LogP contribution in [0.3, 0.4) is 0 Å². The molecule has 0 spiro atoms. The molecule has 0 radical (unpaired) electrons. The van der Waals surface area contributed by atoms with Crippen molar-refractivity contribution < 1.29 is 4.74 Å². The van der Waals surface area contributed by atoms with Gasteiger partial charge in [0.05, 0.1) is 13.2 Å². The number of nitrogens with one attached hydrogen (secondary N) is 2. The van der Waals surface area contributed by atoms with Gasteiger partial charge in [-0.05, 0) is 17.7 Å². The van der Waals surface area contributed by atoms with Crippen LogP contribution in [-0.2, 0) is 11.3 Å². The molecule has 2 aromatic rings. The topological polar surface area (TPSA) is 75.2 Å². The fourth-order valence-corrected chi connectivity index (χ4v) is 2.32. The van der Waals surface area contributed by atoms with Gasteiger partial charge in [-0.1, -0.05) is 0 Å². The molecule has 0 aromatic carbocycles. The van der Waals surface area contributed by atoms with Crippen LogP contribution >= 0.6 is 0 Å². The van der Waals surface area contributed by atoms with E-state index in [1.165, 1.54) is 5.56 Å². The first-order valence-electron chi connectivity index (χ1n) is 7.36. The zero-order valence-corrected chi connectivity index (χ0v) is 12.6. The van der Waals surface area contributed by atoms with E-state index >= 15 is 0 Å². The molecule has 0 atom stereocenters. The van der Waals surface area contributed by atoms with E-state index in [1.54, 1.807) is 6.33 Å². The van der Waals surface area contributed by atoms with Crippen LogP contribution < -0.4 is 15.5 Å². The van der Waals surface area contributed by atoms with Crippen LogP contribution in [0.1, 0.15) is 5.56 Å². The Balaban J connectivity index is 1.64. The van der Waals surface area contributed by atoms with E-state index in [4.69, 9.17) is 4.74 Å². The highest BCUT2D eigenvalue weighted by atomic mass is 16.5. The second-order valence-corrected chi connectivity index (χ2v) is 5.01. The minimum Gasteiger partial charge on any atom is -0.378 e. The molecule has 1 aliphatic heterocycles. The Morgan fingerprint density at radius 2 is 1.95 bits per heavy atom. The molecule has 3 rings (SSSR count). The van der Waals surface area contributed by atoms with Crippen molar-refractivity contribution in [1.29, 1.82) is 0 Å². The Hall–Kier alpha value is -2.41. The van der Waals surface area contributed by atoms with Crippen molar-refractivity contribution in [2.24, 2.45) is 0 Å². The number of pyridine rings is 1. The molecule has 0 unspecified atom stereocenters. The summed E-state index contributed by atoms with van der Waals surface area (Å²) in [5, 5.41) is 6.30. The first kappa shape index (κ1) is 14.5. The van der Waals surface area contributed by atoms with E-state index in [1.807, 2.05) is 25.4 Å². The first-order chi connectivity index (χ1) is 10.8. The normalized spacial score (nSPS) is 14.7. The average Bonchev–Trinajstić information content (AvgIpc) is 2.61. The molecular weight excluding hydrogens is 280 g/mol. The molecule has 3 heterocycles. The molecule has 1 aliphatic rings. The molecule has 7 heteroatoms. The van der Waals surface area contributed by atoms with Crippen LogP contribution in [0.4, 0.5) is 17.5 Å². The number of hydrogen-bond donors (Lipinski definition) is 2. The van der Waals surface area contributed by atoms with Crippen molar-refractivity contribution in [1.82, 2.24) is 15.0 Å². The smallest absolute Gasteiger partial charge is 0.131 e. The zero-order valence-electron chi connectivity index (χ0n) is 12.6. The van der Waals surface area contributed by atoms with Gasteiger partial charge in [0.1, 0.15) is 23.8 Å². The van der Waals surface area contributed by atoms with Gasteiger partial charge in [0.15, 0.2) is 0 Å². The van der Waals surface area contributed by atoms with Gasteiger partial charge in [-0.15, -0.1) is 0 Å². The number of ether oxygens (including phenoxy) is 1. The summed E-state index contributed by atoms with van der Waals surface area (Å²) in [7, 11) is 1.84. The molecule has 7 nitrogen and oxygen atoms in total. The molecule has 2 aromatic heterocycles. The Morgan fingerprint density at radius 3 is 2.77 bits per heavy atom. The van der Waals surface area contributed by atoms with Crippen molar-refractivity contribution in [2.45, 2.75) is 6.54 Å². The Bertz CT molecular complexity index is 614. The lowest BCUT2D eigenvalue weighted by atomic mass is 10.2. The van der Waals surface area contributed by atoms with Gasteiger partial charge in [-0.2, -0.15) is 0 Å². The quantitative estimate of drug-likeness (QED) is 0.863. The number of nitrogens with zero attached hydrogens (tertiary/aromatic N) is 4. The van der Waals surface area contributed by atoms with Crippen molar-refractivity contribution in [3.8, 4) is 0 Å². The lowest BCUT2D eigenvalue weighted by Crippen LogP contribution is -2.36. The van der Waals surface area contributed by atoms with E-state index < -0.39 is 0 Å². The van der Waals surface area contributed by atoms with Crippen LogP contribution in [0.2, 0.25) is 0 Å². The maximum atomic E-state index is 5.38. The van der Waals surface area contributed by atoms with Crippen LogP contribution in [0.25, 0.3) is 0 Å². The molecule has 0 amide bonds. The highest BCUT2D eigenvalue weighted by Gasteiger charge is 2.12. The largest absolute Gasteiger partial charge is 0.378 e. The van der Waals surface area contributed by atoms with Crippen LogP contribution in [0, 0.1) is 0 Å². The lowest BCUT2D eigenvalue weighted by molar-refractivity contribution is 0.122. The van der Waals surface area contributed by atoms with Gasteiger partial charge in [0, 0.05) is 38.9 Å². The summed E-state index contributed by atoms with van der Waals surface area (Å²) in [6, 6.07) is 6.00. The fraction of sp³-hybridized carbons (Fsp3) is 0.400. The third-order valence-electron chi connectivity index (χ3n) is 3.54. The Labute approximate surface area is 129 Å². The summed E-state index contributed by atoms with van der Waals surface area (Å²) in [5.74, 6) is 2.59. The van der Waals surface area contributed by atoms with Crippen LogP contribution in [-0.4, -0.2) is 48.3 Å². The van der Waals surface area contributed by atoms with Gasteiger partial charge < -0.3 is 20.3 Å². The SMILES string of the molecule is CNc1cc(NCc2ccnc(N3CCOCC3)c2)ncn1. The number of anilines is 3.